The van der Waals surface area contributed by atoms with Gasteiger partial charge in [-0.25, -0.2) is 4.98 Å². The van der Waals surface area contributed by atoms with Crippen LogP contribution in [-0.4, -0.2) is 72.5 Å². The minimum Gasteiger partial charge on any atom is -0.369 e. The molecule has 2 aromatic rings. The fourth-order valence-corrected chi connectivity index (χ4v) is 5.24. The summed E-state index contributed by atoms with van der Waals surface area (Å²) >= 11 is 0. The number of hydrogen-bond donors (Lipinski definition) is 1. The molecular formula is C30H44F3N5O. The van der Waals surface area contributed by atoms with Crippen LogP contribution in [0.2, 0.25) is 0 Å². The smallest absolute Gasteiger partial charge is 0.369 e. The van der Waals surface area contributed by atoms with Crippen molar-refractivity contribution < 1.29 is 18.0 Å². The molecule has 2 aliphatic rings. The monoisotopic (exact) mass is 547 g/mol. The standard InChI is InChI=1S/C29H40F3N5O.CH4/c1-21(20-35-15-17-36(18-16-35)25-8-5-22(6-9-25)28(2,3)4)27(38)37-13-11-24(12-14-37)34-26-10-7-23(19-33-26)29(30,31)32;/h5-10,19,21,24H,11-18,20H2,1-4H3,(H,33,34);1H4. The molecular weight excluding hydrogens is 503 g/mol. The molecule has 0 spiro atoms. The lowest BCUT2D eigenvalue weighted by Crippen LogP contribution is -2.50. The third kappa shape index (κ3) is 8.10. The van der Waals surface area contributed by atoms with Gasteiger partial charge in [-0.3, -0.25) is 9.69 Å². The van der Waals surface area contributed by atoms with Crippen LogP contribution in [0.3, 0.4) is 0 Å². The Morgan fingerprint density at radius 3 is 2.05 bits per heavy atom. The summed E-state index contributed by atoms with van der Waals surface area (Å²) in [6, 6.07) is 11.4. The number of amides is 1. The van der Waals surface area contributed by atoms with Gasteiger partial charge in [-0.2, -0.15) is 13.2 Å². The summed E-state index contributed by atoms with van der Waals surface area (Å²) in [5.74, 6) is 0.533. The van der Waals surface area contributed by atoms with Gasteiger partial charge in [0.15, 0.2) is 0 Å². The number of benzene rings is 1. The van der Waals surface area contributed by atoms with Crippen LogP contribution < -0.4 is 10.2 Å². The first-order valence-electron chi connectivity index (χ1n) is 13.6. The Bertz CT molecular complexity index is 1050. The lowest BCUT2D eigenvalue weighted by molar-refractivity contribution is -0.138. The number of hydrogen-bond acceptors (Lipinski definition) is 5. The minimum atomic E-state index is -4.39. The van der Waals surface area contributed by atoms with Gasteiger partial charge in [0.05, 0.1) is 5.56 Å². The Balaban J connectivity index is 0.00000420. The molecule has 1 aromatic carbocycles. The van der Waals surface area contributed by atoms with Crippen molar-refractivity contribution in [1.29, 1.82) is 0 Å². The second-order valence-electron chi connectivity index (χ2n) is 11.7. The first kappa shape index (κ1) is 30.7. The SMILES string of the molecule is C.CC(CN1CCN(c2ccc(C(C)(C)C)cc2)CC1)C(=O)N1CCC(Nc2ccc(C(F)(F)F)cn2)CC1. The Kier molecular flexibility index (Phi) is 9.91. The van der Waals surface area contributed by atoms with Gasteiger partial charge in [-0.1, -0.05) is 47.3 Å². The molecule has 2 fully saturated rings. The van der Waals surface area contributed by atoms with Crippen LogP contribution in [0.4, 0.5) is 24.7 Å². The highest BCUT2D eigenvalue weighted by atomic mass is 19.4. The Labute approximate surface area is 231 Å². The molecule has 1 unspecified atom stereocenters. The number of nitrogens with zero attached hydrogens (tertiary/aromatic N) is 4. The summed E-state index contributed by atoms with van der Waals surface area (Å²) in [6.45, 7) is 14.5. The van der Waals surface area contributed by atoms with Crippen molar-refractivity contribution in [2.24, 2.45) is 5.92 Å². The summed E-state index contributed by atoms with van der Waals surface area (Å²) in [6.07, 6.45) is -2.05. The predicted molar refractivity (Wildman–Crippen MR) is 152 cm³/mol. The van der Waals surface area contributed by atoms with Crippen molar-refractivity contribution >= 4 is 17.4 Å². The van der Waals surface area contributed by atoms with E-state index in [1.165, 1.54) is 17.3 Å². The highest BCUT2D eigenvalue weighted by Crippen LogP contribution is 2.29. The van der Waals surface area contributed by atoms with Crippen molar-refractivity contribution in [3.8, 4) is 0 Å². The molecule has 1 N–H and O–H groups in total. The molecule has 4 rings (SSSR count). The molecule has 2 aliphatic heterocycles. The zero-order valence-electron chi connectivity index (χ0n) is 22.9. The second-order valence-corrected chi connectivity index (χ2v) is 11.7. The number of halogens is 3. The Morgan fingerprint density at radius 2 is 1.54 bits per heavy atom. The number of rotatable bonds is 6. The van der Waals surface area contributed by atoms with Gasteiger partial charge in [-0.15, -0.1) is 0 Å². The summed E-state index contributed by atoms with van der Waals surface area (Å²) in [7, 11) is 0. The van der Waals surface area contributed by atoms with Crippen LogP contribution in [0.5, 0.6) is 0 Å². The van der Waals surface area contributed by atoms with Gasteiger partial charge in [0.2, 0.25) is 5.91 Å². The largest absolute Gasteiger partial charge is 0.417 e. The summed E-state index contributed by atoms with van der Waals surface area (Å²) < 4.78 is 38.2. The van der Waals surface area contributed by atoms with Crippen molar-refractivity contribution in [2.45, 2.75) is 65.6 Å². The van der Waals surface area contributed by atoms with Crippen molar-refractivity contribution in [1.82, 2.24) is 14.8 Å². The molecule has 0 bridgehead atoms. The predicted octanol–water partition coefficient (Wildman–Crippen LogP) is 5.90. The molecule has 0 saturated carbocycles. The average molecular weight is 548 g/mol. The van der Waals surface area contributed by atoms with Gasteiger partial charge in [0, 0.05) is 69.7 Å². The molecule has 0 radical (unpaired) electrons. The topological polar surface area (TPSA) is 51.7 Å². The Morgan fingerprint density at radius 1 is 0.949 bits per heavy atom. The van der Waals surface area contributed by atoms with E-state index in [0.717, 1.165) is 57.8 Å². The molecule has 0 aliphatic carbocycles. The number of nitrogens with one attached hydrogen (secondary N) is 1. The third-order valence-corrected chi connectivity index (χ3v) is 7.67. The molecule has 1 amide bonds. The molecule has 1 atom stereocenters. The third-order valence-electron chi connectivity index (χ3n) is 7.67. The van der Waals surface area contributed by atoms with Crippen LogP contribution in [0.15, 0.2) is 42.6 Å². The first-order valence-corrected chi connectivity index (χ1v) is 13.6. The van der Waals surface area contributed by atoms with E-state index >= 15 is 0 Å². The molecule has 3 heterocycles. The number of anilines is 2. The average Bonchev–Trinajstić information content (AvgIpc) is 2.88. The van der Waals surface area contributed by atoms with Crippen molar-refractivity contribution in [3.63, 3.8) is 0 Å². The molecule has 2 saturated heterocycles. The molecule has 39 heavy (non-hydrogen) atoms. The van der Waals surface area contributed by atoms with E-state index in [0.29, 0.717) is 18.9 Å². The van der Waals surface area contributed by atoms with Gasteiger partial charge in [-0.05, 0) is 48.1 Å². The van der Waals surface area contributed by atoms with E-state index in [1.807, 2.05) is 11.8 Å². The van der Waals surface area contributed by atoms with Gasteiger partial charge in [0.25, 0.3) is 0 Å². The van der Waals surface area contributed by atoms with E-state index < -0.39 is 11.7 Å². The van der Waals surface area contributed by atoms with Crippen molar-refractivity contribution in [3.05, 3.63) is 53.7 Å². The van der Waals surface area contributed by atoms with E-state index in [4.69, 9.17) is 0 Å². The normalized spacial score (nSPS) is 18.4. The highest BCUT2D eigenvalue weighted by molar-refractivity contribution is 5.78. The maximum Gasteiger partial charge on any atom is 0.417 e. The van der Waals surface area contributed by atoms with Crippen LogP contribution >= 0.6 is 0 Å². The van der Waals surface area contributed by atoms with E-state index in [1.54, 1.807) is 0 Å². The number of carbonyl (C=O) groups is 1. The number of aromatic nitrogens is 1. The van der Waals surface area contributed by atoms with Crippen LogP contribution in [0.1, 0.15) is 59.1 Å². The molecule has 6 nitrogen and oxygen atoms in total. The molecule has 9 heteroatoms. The number of piperazine rings is 1. The lowest BCUT2D eigenvalue weighted by Gasteiger charge is -2.38. The van der Waals surface area contributed by atoms with Gasteiger partial charge >= 0.3 is 6.18 Å². The fraction of sp³-hybridized carbons (Fsp3) is 0.600. The van der Waals surface area contributed by atoms with Gasteiger partial charge in [0.1, 0.15) is 5.82 Å². The van der Waals surface area contributed by atoms with E-state index in [9.17, 15) is 18.0 Å². The fourth-order valence-electron chi connectivity index (χ4n) is 5.24. The lowest BCUT2D eigenvalue weighted by atomic mass is 9.87. The number of pyridine rings is 1. The van der Waals surface area contributed by atoms with E-state index in [-0.39, 0.29) is 30.7 Å². The quantitative estimate of drug-likeness (QED) is 0.489. The van der Waals surface area contributed by atoms with E-state index in [2.05, 4.69) is 65.1 Å². The number of piperidine rings is 1. The Hall–Kier alpha value is -2.81. The molecule has 216 valence electrons. The minimum absolute atomic E-state index is 0. The number of likely N-dealkylation sites (tertiary alicyclic amines) is 1. The zero-order valence-corrected chi connectivity index (χ0v) is 22.9. The van der Waals surface area contributed by atoms with Crippen molar-refractivity contribution in [2.75, 3.05) is 56.0 Å². The molecule has 1 aromatic heterocycles. The first-order chi connectivity index (χ1) is 17.9. The van der Waals surface area contributed by atoms with Crippen LogP contribution in [-0.2, 0) is 16.4 Å². The maximum absolute atomic E-state index is 13.1. The second kappa shape index (κ2) is 12.6. The summed E-state index contributed by atoms with van der Waals surface area (Å²) in [5.41, 5.74) is 1.98. The maximum atomic E-state index is 13.1. The zero-order chi connectivity index (χ0) is 27.5. The summed E-state index contributed by atoms with van der Waals surface area (Å²) in [5, 5.41) is 3.21. The number of alkyl halides is 3. The van der Waals surface area contributed by atoms with Gasteiger partial charge < -0.3 is 15.1 Å². The summed E-state index contributed by atoms with van der Waals surface area (Å²) in [4.78, 5) is 23.7. The van der Waals surface area contributed by atoms with Crippen LogP contribution in [0.25, 0.3) is 0 Å². The van der Waals surface area contributed by atoms with Crippen LogP contribution in [0, 0.1) is 5.92 Å². The highest BCUT2D eigenvalue weighted by Gasteiger charge is 2.31. The number of carbonyl (C=O) groups excluding carboxylic acids is 1.